The third kappa shape index (κ3) is 4.28. The highest BCUT2D eigenvalue weighted by Crippen LogP contribution is 2.36. The lowest BCUT2D eigenvalue weighted by molar-refractivity contribution is 0.0257. The Bertz CT molecular complexity index is 320. The van der Waals surface area contributed by atoms with Crippen LogP contribution >= 0.6 is 0 Å². The molecule has 1 aliphatic carbocycles. The van der Waals surface area contributed by atoms with Crippen LogP contribution in [0.15, 0.2) is 0 Å². The van der Waals surface area contributed by atoms with E-state index in [2.05, 4.69) is 31.0 Å². The number of fused-ring (bicyclic) bond motifs is 2. The molecule has 2 bridgehead atoms. The zero-order chi connectivity index (χ0) is 14.7. The average molecular weight is 301 g/mol. The highest BCUT2D eigenvalue weighted by Gasteiger charge is 2.40. The molecular formula is C16H32N2OS. The monoisotopic (exact) mass is 300 g/mol. The highest BCUT2D eigenvalue weighted by molar-refractivity contribution is 7.84. The summed E-state index contributed by atoms with van der Waals surface area (Å²) in [6.45, 7) is 9.43. The summed E-state index contributed by atoms with van der Waals surface area (Å²) in [5.41, 5.74) is 0. The van der Waals surface area contributed by atoms with E-state index in [1.165, 1.54) is 32.4 Å². The molecule has 20 heavy (non-hydrogen) atoms. The second-order valence-corrected chi connectivity index (χ2v) is 8.71. The fourth-order valence-electron chi connectivity index (χ4n) is 3.92. The molecule has 1 saturated heterocycles. The van der Waals surface area contributed by atoms with Crippen molar-refractivity contribution >= 4 is 10.8 Å². The molecule has 0 amide bonds. The Morgan fingerprint density at radius 3 is 2.30 bits per heavy atom. The quantitative estimate of drug-likeness (QED) is 0.816. The molecule has 1 saturated carbocycles. The van der Waals surface area contributed by atoms with E-state index in [-0.39, 0.29) is 0 Å². The number of hydrogen-bond acceptors (Lipinski definition) is 3. The lowest BCUT2D eigenvalue weighted by Gasteiger charge is -2.49. The molecule has 4 unspecified atom stereocenters. The summed E-state index contributed by atoms with van der Waals surface area (Å²) in [7, 11) is -0.658. The minimum atomic E-state index is -0.658. The van der Waals surface area contributed by atoms with Gasteiger partial charge >= 0.3 is 0 Å². The molecule has 2 aliphatic rings. The summed E-state index contributed by atoms with van der Waals surface area (Å²) in [5, 5.41) is 3.87. The van der Waals surface area contributed by atoms with Gasteiger partial charge in [0.25, 0.3) is 0 Å². The maximum Gasteiger partial charge on any atom is 0.0246 e. The number of hydrogen-bond donors (Lipinski definition) is 1. The standard InChI is InChI=1S/C16H32N2OS/c1-12(2)18-10-14-6-5-7-15(11-18)16(14)17-13(3)8-9-20(4)19/h12-17H,5-11H2,1-4H3. The van der Waals surface area contributed by atoms with E-state index in [1.54, 1.807) is 0 Å². The van der Waals surface area contributed by atoms with E-state index in [4.69, 9.17) is 0 Å². The molecular weight excluding hydrogens is 268 g/mol. The predicted molar refractivity (Wildman–Crippen MR) is 87.5 cm³/mol. The van der Waals surface area contributed by atoms with Gasteiger partial charge in [-0.05, 0) is 51.9 Å². The number of nitrogens with zero attached hydrogens (tertiary/aromatic N) is 1. The van der Waals surface area contributed by atoms with Crippen LogP contribution in [0.4, 0.5) is 0 Å². The second-order valence-electron chi connectivity index (χ2n) is 7.16. The first-order valence-corrected chi connectivity index (χ1v) is 10.00. The molecule has 0 spiro atoms. The second kappa shape index (κ2) is 7.37. The SMILES string of the molecule is CC(CCS(C)=O)NC1C2CCCC1CN(C(C)C)C2. The first kappa shape index (κ1) is 16.4. The van der Waals surface area contributed by atoms with Gasteiger partial charge in [0.2, 0.25) is 0 Å². The van der Waals surface area contributed by atoms with E-state index < -0.39 is 10.8 Å². The molecule has 4 heteroatoms. The topological polar surface area (TPSA) is 32.3 Å². The van der Waals surface area contributed by atoms with Crippen molar-refractivity contribution < 1.29 is 4.21 Å². The predicted octanol–water partition coefficient (Wildman–Crippen LogP) is 2.24. The van der Waals surface area contributed by atoms with Crippen molar-refractivity contribution in [3.05, 3.63) is 0 Å². The van der Waals surface area contributed by atoms with Crippen LogP contribution in [0, 0.1) is 11.8 Å². The first-order chi connectivity index (χ1) is 9.47. The molecule has 118 valence electrons. The Morgan fingerprint density at radius 2 is 1.80 bits per heavy atom. The van der Waals surface area contributed by atoms with Crippen molar-refractivity contribution in [3.8, 4) is 0 Å². The first-order valence-electron chi connectivity index (χ1n) is 8.27. The maximum atomic E-state index is 11.2. The molecule has 2 fully saturated rings. The van der Waals surface area contributed by atoms with Crippen molar-refractivity contribution in [1.82, 2.24) is 10.2 Å². The van der Waals surface area contributed by atoms with Gasteiger partial charge in [0, 0.05) is 54.0 Å². The van der Waals surface area contributed by atoms with Crippen LogP contribution in [0.3, 0.4) is 0 Å². The van der Waals surface area contributed by atoms with Crippen LogP contribution in [-0.4, -0.2) is 52.3 Å². The third-order valence-electron chi connectivity index (χ3n) is 5.15. The van der Waals surface area contributed by atoms with Crippen molar-refractivity contribution in [2.24, 2.45) is 11.8 Å². The van der Waals surface area contributed by atoms with Gasteiger partial charge in [0.1, 0.15) is 0 Å². The summed E-state index contributed by atoms with van der Waals surface area (Å²) < 4.78 is 11.2. The van der Waals surface area contributed by atoms with Gasteiger partial charge in [-0.15, -0.1) is 0 Å². The lowest BCUT2D eigenvalue weighted by Crippen LogP contribution is -2.59. The molecule has 0 aromatic heterocycles. The maximum absolute atomic E-state index is 11.2. The van der Waals surface area contributed by atoms with E-state index in [1.807, 2.05) is 6.26 Å². The molecule has 3 nitrogen and oxygen atoms in total. The molecule has 2 rings (SSSR count). The molecule has 4 atom stereocenters. The highest BCUT2D eigenvalue weighted by atomic mass is 32.2. The van der Waals surface area contributed by atoms with E-state index in [0.717, 1.165) is 24.0 Å². The van der Waals surface area contributed by atoms with Crippen molar-refractivity contribution in [1.29, 1.82) is 0 Å². The number of likely N-dealkylation sites (tertiary alicyclic amines) is 1. The summed E-state index contributed by atoms with van der Waals surface area (Å²) in [6, 6.07) is 1.87. The molecule has 1 aliphatic heterocycles. The number of rotatable bonds is 6. The van der Waals surface area contributed by atoms with Crippen molar-refractivity contribution in [2.45, 2.75) is 64.6 Å². The average Bonchev–Trinajstić information content (AvgIpc) is 2.35. The fourth-order valence-corrected chi connectivity index (χ4v) is 4.61. The van der Waals surface area contributed by atoms with Gasteiger partial charge < -0.3 is 10.2 Å². The van der Waals surface area contributed by atoms with Gasteiger partial charge in [-0.25, -0.2) is 0 Å². The summed E-state index contributed by atoms with van der Waals surface area (Å²) in [5.74, 6) is 2.47. The number of piperidine rings is 1. The number of nitrogens with one attached hydrogen (secondary N) is 1. The molecule has 1 N–H and O–H groups in total. The molecule has 0 radical (unpaired) electrons. The Kier molecular flexibility index (Phi) is 6.06. The van der Waals surface area contributed by atoms with E-state index >= 15 is 0 Å². The van der Waals surface area contributed by atoms with Gasteiger partial charge in [0.05, 0.1) is 0 Å². The van der Waals surface area contributed by atoms with Crippen molar-refractivity contribution in [3.63, 3.8) is 0 Å². The van der Waals surface area contributed by atoms with E-state index in [9.17, 15) is 4.21 Å². The van der Waals surface area contributed by atoms with Crippen LogP contribution in [0.25, 0.3) is 0 Å². The van der Waals surface area contributed by atoms with Crippen LogP contribution in [-0.2, 0) is 10.8 Å². The molecule has 1 heterocycles. The van der Waals surface area contributed by atoms with E-state index in [0.29, 0.717) is 18.1 Å². The third-order valence-corrected chi connectivity index (χ3v) is 5.96. The Hall–Kier alpha value is 0.0700. The zero-order valence-corrected chi connectivity index (χ0v) is 14.4. The summed E-state index contributed by atoms with van der Waals surface area (Å²) in [4.78, 5) is 2.67. The minimum absolute atomic E-state index is 0.498. The summed E-state index contributed by atoms with van der Waals surface area (Å²) in [6.07, 6.45) is 7.01. The lowest BCUT2D eigenvalue weighted by atomic mass is 9.73. The van der Waals surface area contributed by atoms with Gasteiger partial charge in [-0.3, -0.25) is 4.21 Å². The van der Waals surface area contributed by atoms with Gasteiger partial charge in [0.15, 0.2) is 0 Å². The van der Waals surface area contributed by atoms with Crippen LogP contribution < -0.4 is 5.32 Å². The Balaban J connectivity index is 1.90. The normalized spacial score (nSPS) is 34.1. The van der Waals surface area contributed by atoms with Crippen molar-refractivity contribution in [2.75, 3.05) is 25.1 Å². The van der Waals surface area contributed by atoms with Crippen LogP contribution in [0.2, 0.25) is 0 Å². The molecule has 0 aromatic rings. The Morgan fingerprint density at radius 1 is 1.20 bits per heavy atom. The van der Waals surface area contributed by atoms with Gasteiger partial charge in [-0.1, -0.05) is 6.42 Å². The smallest absolute Gasteiger partial charge is 0.0246 e. The molecule has 0 aromatic carbocycles. The Labute approximate surface area is 127 Å². The van der Waals surface area contributed by atoms with Gasteiger partial charge in [-0.2, -0.15) is 0 Å². The van der Waals surface area contributed by atoms with Crippen LogP contribution in [0.5, 0.6) is 0 Å². The fraction of sp³-hybridized carbons (Fsp3) is 1.00. The summed E-state index contributed by atoms with van der Waals surface area (Å²) >= 11 is 0. The minimum Gasteiger partial charge on any atom is -0.311 e. The largest absolute Gasteiger partial charge is 0.311 e. The van der Waals surface area contributed by atoms with Crippen LogP contribution in [0.1, 0.15) is 46.5 Å². The zero-order valence-electron chi connectivity index (χ0n) is 13.6.